The van der Waals surface area contributed by atoms with Gasteiger partial charge in [-0.15, -0.1) is 0 Å². The van der Waals surface area contributed by atoms with Gasteiger partial charge >= 0.3 is 0 Å². The van der Waals surface area contributed by atoms with Gasteiger partial charge in [-0.05, 0) is 18.6 Å². The Morgan fingerprint density at radius 1 is 1.44 bits per heavy atom. The van der Waals surface area contributed by atoms with Gasteiger partial charge in [0.1, 0.15) is 18.1 Å². The number of carbonyl (C=O) groups excluding carboxylic acids is 1. The van der Waals surface area contributed by atoms with E-state index in [1.807, 2.05) is 6.07 Å². The monoisotopic (exact) mass is 248 g/mol. The van der Waals surface area contributed by atoms with Crippen molar-refractivity contribution in [2.45, 2.75) is 24.9 Å². The van der Waals surface area contributed by atoms with Gasteiger partial charge in [0.05, 0.1) is 6.04 Å². The summed E-state index contributed by atoms with van der Waals surface area (Å²) in [6, 6.07) is 5.62. The summed E-state index contributed by atoms with van der Waals surface area (Å²) in [4.78, 5) is 11.1. The first-order valence-electron chi connectivity index (χ1n) is 6.21. The third-order valence-corrected chi connectivity index (χ3v) is 3.48. The minimum Gasteiger partial charge on any atom is -0.508 e. The zero-order chi connectivity index (χ0) is 12.5. The van der Waals surface area contributed by atoms with Crippen molar-refractivity contribution in [1.29, 1.82) is 0 Å². The molecule has 0 bridgehead atoms. The number of phenols is 1. The minimum atomic E-state index is 0.126. The van der Waals surface area contributed by atoms with E-state index in [1.54, 1.807) is 12.1 Å². The second-order valence-electron chi connectivity index (χ2n) is 4.79. The van der Waals surface area contributed by atoms with Crippen molar-refractivity contribution in [2.75, 3.05) is 13.2 Å². The van der Waals surface area contributed by atoms with Gasteiger partial charge in [-0.3, -0.25) is 4.79 Å². The van der Waals surface area contributed by atoms with E-state index in [-0.39, 0.29) is 23.7 Å². The van der Waals surface area contributed by atoms with Gasteiger partial charge in [-0.1, -0.05) is 0 Å². The van der Waals surface area contributed by atoms with Crippen LogP contribution in [0.4, 0.5) is 0 Å². The fourth-order valence-electron chi connectivity index (χ4n) is 2.50. The Labute approximate surface area is 105 Å². The van der Waals surface area contributed by atoms with Gasteiger partial charge < -0.3 is 20.5 Å². The molecule has 3 N–H and O–H groups in total. The highest BCUT2D eigenvalue weighted by molar-refractivity contribution is 5.76. The highest BCUT2D eigenvalue weighted by Crippen LogP contribution is 2.35. The lowest BCUT2D eigenvalue weighted by atomic mass is 10.0. The van der Waals surface area contributed by atoms with E-state index in [0.717, 1.165) is 17.7 Å². The number of carbonyl (C=O) groups is 1. The van der Waals surface area contributed by atoms with Crippen LogP contribution in [0.15, 0.2) is 18.2 Å². The second kappa shape index (κ2) is 4.49. The maximum Gasteiger partial charge on any atom is 0.220 e. The average Bonchev–Trinajstić information content (AvgIpc) is 2.74. The first-order valence-corrected chi connectivity index (χ1v) is 6.21. The number of ether oxygens (including phenoxy) is 1. The van der Waals surface area contributed by atoms with Crippen LogP contribution in [-0.4, -0.2) is 30.2 Å². The van der Waals surface area contributed by atoms with Crippen molar-refractivity contribution in [3.05, 3.63) is 23.8 Å². The zero-order valence-corrected chi connectivity index (χ0v) is 9.98. The summed E-state index contributed by atoms with van der Waals surface area (Å²) in [5.41, 5.74) is 1.07. The number of aromatic hydroxyl groups is 1. The number of phenolic OH excluding ortho intramolecular Hbond substituents is 1. The molecule has 1 fully saturated rings. The molecule has 5 nitrogen and oxygen atoms in total. The number of nitrogens with one attached hydrogen (secondary N) is 2. The highest BCUT2D eigenvalue weighted by atomic mass is 16.5. The topological polar surface area (TPSA) is 70.6 Å². The number of piperidine rings is 1. The molecular weight excluding hydrogens is 232 g/mol. The Bertz CT molecular complexity index is 465. The molecule has 1 amide bonds. The molecule has 0 aromatic heterocycles. The molecule has 2 atom stereocenters. The second-order valence-corrected chi connectivity index (χ2v) is 4.79. The molecule has 1 aromatic carbocycles. The van der Waals surface area contributed by atoms with Crippen LogP contribution in [0.1, 0.15) is 24.4 Å². The number of hydrogen-bond donors (Lipinski definition) is 3. The third kappa shape index (κ3) is 2.13. The fourth-order valence-corrected chi connectivity index (χ4v) is 2.50. The normalized spacial score (nSPS) is 26.3. The molecule has 96 valence electrons. The van der Waals surface area contributed by atoms with E-state index in [2.05, 4.69) is 10.6 Å². The van der Waals surface area contributed by atoms with E-state index in [0.29, 0.717) is 19.6 Å². The van der Waals surface area contributed by atoms with Crippen molar-refractivity contribution >= 4 is 5.91 Å². The van der Waals surface area contributed by atoms with E-state index in [4.69, 9.17) is 4.74 Å². The number of fused-ring (bicyclic) bond motifs is 1. The van der Waals surface area contributed by atoms with Gasteiger partial charge in [0, 0.05) is 30.6 Å². The summed E-state index contributed by atoms with van der Waals surface area (Å²) in [7, 11) is 0. The summed E-state index contributed by atoms with van der Waals surface area (Å²) in [6.45, 7) is 1.24. The predicted octanol–water partition coefficient (Wildman–Crippen LogP) is 0.694. The summed E-state index contributed by atoms with van der Waals surface area (Å²) >= 11 is 0. The molecule has 0 spiro atoms. The quantitative estimate of drug-likeness (QED) is 0.720. The van der Waals surface area contributed by atoms with Crippen LogP contribution < -0.4 is 15.4 Å². The van der Waals surface area contributed by atoms with Crippen molar-refractivity contribution < 1.29 is 14.6 Å². The van der Waals surface area contributed by atoms with Crippen molar-refractivity contribution in [2.24, 2.45) is 0 Å². The molecule has 0 radical (unpaired) electrons. The third-order valence-electron chi connectivity index (χ3n) is 3.48. The van der Waals surface area contributed by atoms with E-state index in [9.17, 15) is 9.90 Å². The number of benzene rings is 1. The predicted molar refractivity (Wildman–Crippen MR) is 65.5 cm³/mol. The molecule has 1 aromatic rings. The van der Waals surface area contributed by atoms with E-state index >= 15 is 0 Å². The number of amides is 1. The first kappa shape index (κ1) is 11.3. The van der Waals surface area contributed by atoms with Crippen molar-refractivity contribution in [3.8, 4) is 11.5 Å². The average molecular weight is 248 g/mol. The zero-order valence-electron chi connectivity index (χ0n) is 9.98. The summed E-state index contributed by atoms with van der Waals surface area (Å²) in [5, 5.41) is 15.7. The maximum atomic E-state index is 11.1. The molecular formula is C13H16N2O3. The summed E-state index contributed by atoms with van der Waals surface area (Å²) in [6.07, 6.45) is 1.43. The lowest BCUT2D eigenvalue weighted by molar-refractivity contribution is -0.122. The van der Waals surface area contributed by atoms with Crippen LogP contribution in [0.2, 0.25) is 0 Å². The van der Waals surface area contributed by atoms with Crippen LogP contribution in [0.5, 0.6) is 11.5 Å². The van der Waals surface area contributed by atoms with Gasteiger partial charge in [0.2, 0.25) is 5.91 Å². The standard InChI is InChI=1S/C13H16N2O3/c16-9-2-3-10-11(7-18-12(10)5-9)15-8-1-4-13(17)14-6-8/h2-3,5,8,11,15-16H,1,4,6-7H2,(H,14,17). The Morgan fingerprint density at radius 3 is 3.11 bits per heavy atom. The smallest absolute Gasteiger partial charge is 0.220 e. The molecule has 2 aliphatic heterocycles. The molecule has 3 rings (SSSR count). The SMILES string of the molecule is O=C1CCC(NC2COc3cc(O)ccc32)CN1. The Hall–Kier alpha value is -1.75. The summed E-state index contributed by atoms with van der Waals surface area (Å²) in [5.74, 6) is 1.09. The Morgan fingerprint density at radius 2 is 2.33 bits per heavy atom. The lowest BCUT2D eigenvalue weighted by Crippen LogP contribution is -2.47. The van der Waals surface area contributed by atoms with Gasteiger partial charge in [-0.2, -0.15) is 0 Å². The van der Waals surface area contributed by atoms with Crippen molar-refractivity contribution in [1.82, 2.24) is 10.6 Å². The van der Waals surface area contributed by atoms with Gasteiger partial charge in [-0.25, -0.2) is 0 Å². The molecule has 0 saturated carbocycles. The maximum absolute atomic E-state index is 11.1. The van der Waals surface area contributed by atoms with Crippen LogP contribution in [-0.2, 0) is 4.79 Å². The van der Waals surface area contributed by atoms with Gasteiger partial charge in [0.25, 0.3) is 0 Å². The van der Waals surface area contributed by atoms with Crippen LogP contribution >= 0.6 is 0 Å². The molecule has 2 aliphatic rings. The van der Waals surface area contributed by atoms with Gasteiger partial charge in [0.15, 0.2) is 0 Å². The molecule has 18 heavy (non-hydrogen) atoms. The number of hydrogen-bond acceptors (Lipinski definition) is 4. The molecule has 5 heteroatoms. The van der Waals surface area contributed by atoms with Crippen LogP contribution in [0.25, 0.3) is 0 Å². The highest BCUT2D eigenvalue weighted by Gasteiger charge is 2.28. The fraction of sp³-hybridized carbons (Fsp3) is 0.462. The minimum absolute atomic E-state index is 0.126. The van der Waals surface area contributed by atoms with Crippen LogP contribution in [0, 0.1) is 0 Å². The number of rotatable bonds is 2. The Kier molecular flexibility index (Phi) is 2.83. The molecule has 2 heterocycles. The largest absolute Gasteiger partial charge is 0.508 e. The molecule has 1 saturated heterocycles. The molecule has 0 aliphatic carbocycles. The first-order chi connectivity index (χ1) is 8.72. The van der Waals surface area contributed by atoms with E-state index < -0.39 is 0 Å². The van der Waals surface area contributed by atoms with E-state index in [1.165, 1.54) is 0 Å². The molecule has 2 unspecified atom stereocenters. The Balaban J connectivity index is 1.67. The van der Waals surface area contributed by atoms with Crippen LogP contribution in [0.3, 0.4) is 0 Å². The lowest BCUT2D eigenvalue weighted by Gasteiger charge is -2.26. The summed E-state index contributed by atoms with van der Waals surface area (Å²) < 4.78 is 5.54. The van der Waals surface area contributed by atoms with Crippen molar-refractivity contribution in [3.63, 3.8) is 0 Å².